The van der Waals surface area contributed by atoms with Gasteiger partial charge in [0.05, 0.1) is 0 Å². The summed E-state index contributed by atoms with van der Waals surface area (Å²) in [6.45, 7) is 0.568. The van der Waals surface area contributed by atoms with Gasteiger partial charge in [-0.05, 0) is 23.8 Å². The highest BCUT2D eigenvalue weighted by Gasteiger charge is 2.17. The molecule has 1 heterocycles. The van der Waals surface area contributed by atoms with E-state index in [0.717, 1.165) is 16.5 Å². The first kappa shape index (κ1) is 16.9. The third-order valence-corrected chi connectivity index (χ3v) is 5.01. The molecule has 0 atom stereocenters. The molecule has 1 aromatic heterocycles. The van der Waals surface area contributed by atoms with E-state index in [-0.39, 0.29) is 5.78 Å². The molecule has 2 nitrogen and oxygen atoms in total. The topological polar surface area (TPSA) is 22.0 Å². The van der Waals surface area contributed by atoms with Crippen LogP contribution in [0.2, 0.25) is 10.0 Å². The Morgan fingerprint density at radius 1 is 0.885 bits per heavy atom. The molecule has 0 fully saturated rings. The van der Waals surface area contributed by atoms with E-state index < -0.39 is 0 Å². The maximum absolute atomic E-state index is 13.0. The fraction of sp³-hybridized carbons (Fsp3) is 0.0455. The van der Waals surface area contributed by atoms with Gasteiger partial charge in [-0.1, -0.05) is 77.8 Å². The summed E-state index contributed by atoms with van der Waals surface area (Å²) < 4.78 is 2.06. The van der Waals surface area contributed by atoms with Crippen molar-refractivity contribution in [2.75, 3.05) is 0 Å². The predicted molar refractivity (Wildman–Crippen MR) is 107 cm³/mol. The van der Waals surface area contributed by atoms with Crippen LogP contribution in [0.3, 0.4) is 0 Å². The Morgan fingerprint density at radius 2 is 1.62 bits per heavy atom. The maximum Gasteiger partial charge on any atom is 0.195 e. The zero-order valence-corrected chi connectivity index (χ0v) is 15.3. The Labute approximate surface area is 161 Å². The number of aromatic nitrogens is 1. The lowest BCUT2D eigenvalue weighted by atomic mass is 10.0. The van der Waals surface area contributed by atoms with Crippen molar-refractivity contribution in [3.63, 3.8) is 0 Å². The molecule has 4 heteroatoms. The van der Waals surface area contributed by atoms with Gasteiger partial charge in [0.25, 0.3) is 0 Å². The molecule has 0 saturated heterocycles. The largest absolute Gasteiger partial charge is 0.342 e. The molecule has 0 aliphatic heterocycles. The molecule has 0 amide bonds. The number of benzene rings is 3. The van der Waals surface area contributed by atoms with E-state index in [0.29, 0.717) is 27.7 Å². The Kier molecular flexibility index (Phi) is 4.54. The van der Waals surface area contributed by atoms with Gasteiger partial charge in [0.15, 0.2) is 5.78 Å². The smallest absolute Gasteiger partial charge is 0.195 e. The summed E-state index contributed by atoms with van der Waals surface area (Å²) in [6.07, 6.45) is 1.91. The standard InChI is InChI=1S/C22H15Cl2NO/c23-17-11-10-16(20(24)12-17)13-25-14-19(18-8-4-5-9-21(18)25)22(26)15-6-2-1-3-7-15/h1-12,14H,13H2. The van der Waals surface area contributed by atoms with Crippen LogP contribution in [-0.4, -0.2) is 10.4 Å². The fourth-order valence-electron chi connectivity index (χ4n) is 3.14. The summed E-state index contributed by atoms with van der Waals surface area (Å²) in [7, 11) is 0. The van der Waals surface area contributed by atoms with Gasteiger partial charge in [-0.2, -0.15) is 0 Å². The number of nitrogens with zero attached hydrogens (tertiary/aromatic N) is 1. The number of carbonyl (C=O) groups excluding carboxylic acids is 1. The van der Waals surface area contributed by atoms with Crippen LogP contribution in [0, 0.1) is 0 Å². The lowest BCUT2D eigenvalue weighted by molar-refractivity contribution is 0.104. The summed E-state index contributed by atoms with van der Waals surface area (Å²) in [5, 5.41) is 2.16. The third kappa shape index (κ3) is 3.14. The van der Waals surface area contributed by atoms with E-state index in [1.54, 1.807) is 6.07 Å². The Hall–Kier alpha value is -2.55. The average Bonchev–Trinajstić information content (AvgIpc) is 3.03. The van der Waals surface area contributed by atoms with Crippen LogP contribution in [0.5, 0.6) is 0 Å². The van der Waals surface area contributed by atoms with E-state index in [1.807, 2.05) is 72.9 Å². The van der Waals surface area contributed by atoms with Crippen LogP contribution in [0.1, 0.15) is 21.5 Å². The first-order chi connectivity index (χ1) is 12.6. The zero-order chi connectivity index (χ0) is 18.1. The highest BCUT2D eigenvalue weighted by atomic mass is 35.5. The molecule has 0 unspecified atom stereocenters. The quantitative estimate of drug-likeness (QED) is 0.385. The van der Waals surface area contributed by atoms with Crippen LogP contribution in [-0.2, 0) is 6.54 Å². The maximum atomic E-state index is 13.0. The SMILES string of the molecule is O=C(c1ccccc1)c1cn(Cc2ccc(Cl)cc2Cl)c2ccccc12. The second-order valence-corrected chi connectivity index (χ2v) is 6.96. The molecule has 0 saturated carbocycles. The molecule has 26 heavy (non-hydrogen) atoms. The fourth-order valence-corrected chi connectivity index (χ4v) is 3.61. The first-order valence-corrected chi connectivity index (χ1v) is 9.00. The third-order valence-electron chi connectivity index (χ3n) is 4.42. The summed E-state index contributed by atoms with van der Waals surface area (Å²) in [4.78, 5) is 13.0. The van der Waals surface area contributed by atoms with E-state index in [2.05, 4.69) is 4.57 Å². The van der Waals surface area contributed by atoms with Crippen molar-refractivity contribution < 1.29 is 4.79 Å². The molecule has 128 valence electrons. The van der Waals surface area contributed by atoms with Crippen molar-refractivity contribution in [1.29, 1.82) is 0 Å². The zero-order valence-electron chi connectivity index (χ0n) is 13.8. The normalized spacial score (nSPS) is 11.0. The summed E-state index contributed by atoms with van der Waals surface area (Å²) in [6, 6.07) is 22.7. The van der Waals surface area contributed by atoms with Gasteiger partial charge in [-0.25, -0.2) is 0 Å². The van der Waals surface area contributed by atoms with Crippen molar-refractivity contribution in [1.82, 2.24) is 4.57 Å². The van der Waals surface area contributed by atoms with Crippen LogP contribution in [0.15, 0.2) is 79.0 Å². The number of para-hydroxylation sites is 1. The van der Waals surface area contributed by atoms with Gasteiger partial charge in [0.2, 0.25) is 0 Å². The first-order valence-electron chi connectivity index (χ1n) is 8.25. The number of halogens is 2. The molecule has 4 rings (SSSR count). The van der Waals surface area contributed by atoms with Crippen LogP contribution < -0.4 is 0 Å². The number of fused-ring (bicyclic) bond motifs is 1. The highest BCUT2D eigenvalue weighted by Crippen LogP contribution is 2.27. The number of hydrogen-bond donors (Lipinski definition) is 0. The molecule has 4 aromatic rings. The number of hydrogen-bond acceptors (Lipinski definition) is 1. The second kappa shape index (κ2) is 6.99. The molecule has 0 aliphatic rings. The van der Waals surface area contributed by atoms with Crippen molar-refractivity contribution in [3.05, 3.63) is 106 Å². The van der Waals surface area contributed by atoms with Crippen molar-refractivity contribution in [3.8, 4) is 0 Å². The minimum Gasteiger partial charge on any atom is -0.342 e. The van der Waals surface area contributed by atoms with Gasteiger partial charge in [0.1, 0.15) is 0 Å². The number of carbonyl (C=O) groups is 1. The molecule has 0 bridgehead atoms. The Morgan fingerprint density at radius 3 is 2.38 bits per heavy atom. The van der Waals surface area contributed by atoms with Crippen molar-refractivity contribution in [2.45, 2.75) is 6.54 Å². The number of rotatable bonds is 4. The van der Waals surface area contributed by atoms with E-state index in [9.17, 15) is 4.79 Å². The predicted octanol–water partition coefficient (Wildman–Crippen LogP) is 6.23. The minimum absolute atomic E-state index is 0.0164. The van der Waals surface area contributed by atoms with Crippen molar-refractivity contribution >= 4 is 39.9 Å². The molecular formula is C22H15Cl2NO. The second-order valence-electron chi connectivity index (χ2n) is 6.12. The van der Waals surface area contributed by atoms with Crippen LogP contribution in [0.25, 0.3) is 10.9 Å². The molecule has 0 spiro atoms. The van der Waals surface area contributed by atoms with Gasteiger partial charge in [-0.3, -0.25) is 4.79 Å². The molecular weight excluding hydrogens is 365 g/mol. The molecule has 3 aromatic carbocycles. The van der Waals surface area contributed by atoms with Crippen LogP contribution in [0.4, 0.5) is 0 Å². The lowest BCUT2D eigenvalue weighted by Crippen LogP contribution is -2.01. The van der Waals surface area contributed by atoms with Crippen molar-refractivity contribution in [2.24, 2.45) is 0 Å². The summed E-state index contributed by atoms with van der Waals surface area (Å²) >= 11 is 12.3. The average molecular weight is 380 g/mol. The Bertz CT molecular complexity index is 1100. The summed E-state index contributed by atoms with van der Waals surface area (Å²) in [5.41, 5.74) is 3.32. The van der Waals surface area contributed by atoms with E-state index in [1.165, 1.54) is 0 Å². The highest BCUT2D eigenvalue weighted by molar-refractivity contribution is 6.35. The monoisotopic (exact) mass is 379 g/mol. The molecule has 0 radical (unpaired) electrons. The lowest BCUT2D eigenvalue weighted by Gasteiger charge is -2.08. The number of ketones is 1. The van der Waals surface area contributed by atoms with Crippen LogP contribution >= 0.6 is 23.2 Å². The minimum atomic E-state index is 0.0164. The van der Waals surface area contributed by atoms with E-state index in [4.69, 9.17) is 23.2 Å². The summed E-state index contributed by atoms with van der Waals surface area (Å²) in [5.74, 6) is 0.0164. The van der Waals surface area contributed by atoms with Gasteiger partial charge in [-0.15, -0.1) is 0 Å². The van der Waals surface area contributed by atoms with Gasteiger partial charge < -0.3 is 4.57 Å². The molecule has 0 N–H and O–H groups in total. The van der Waals surface area contributed by atoms with E-state index >= 15 is 0 Å². The Balaban J connectivity index is 1.80. The van der Waals surface area contributed by atoms with Gasteiger partial charge >= 0.3 is 0 Å². The molecule has 0 aliphatic carbocycles. The van der Waals surface area contributed by atoms with Gasteiger partial charge in [0, 0.05) is 44.8 Å².